The summed E-state index contributed by atoms with van der Waals surface area (Å²) in [7, 11) is 3.45. The van der Waals surface area contributed by atoms with Crippen LogP contribution in [0.4, 0.5) is 0 Å². The van der Waals surface area contributed by atoms with Gasteiger partial charge in [-0.2, -0.15) is 0 Å². The lowest BCUT2D eigenvalue weighted by atomic mass is 9.89. The zero-order chi connectivity index (χ0) is 11.8. The van der Waals surface area contributed by atoms with E-state index in [1.165, 1.54) is 0 Å². The third kappa shape index (κ3) is 4.93. The van der Waals surface area contributed by atoms with Crippen molar-refractivity contribution in [1.29, 1.82) is 0 Å². The molecule has 3 unspecified atom stereocenters. The van der Waals surface area contributed by atoms with E-state index in [0.29, 0.717) is 11.8 Å². The molecule has 0 amide bonds. The van der Waals surface area contributed by atoms with E-state index in [2.05, 4.69) is 26.2 Å². The minimum Gasteiger partial charge on any atom is -0.385 e. The van der Waals surface area contributed by atoms with Gasteiger partial charge < -0.3 is 9.47 Å². The van der Waals surface area contributed by atoms with E-state index in [0.717, 1.165) is 13.0 Å². The van der Waals surface area contributed by atoms with Gasteiger partial charge >= 0.3 is 0 Å². The molecule has 0 aliphatic carbocycles. The Morgan fingerprint density at radius 1 is 1.20 bits per heavy atom. The molecule has 4 heteroatoms. The lowest BCUT2D eigenvalue weighted by molar-refractivity contribution is 0.0123. The molecule has 0 aromatic heterocycles. The molecule has 92 valence electrons. The molecule has 15 heavy (non-hydrogen) atoms. The van der Waals surface area contributed by atoms with Crippen molar-refractivity contribution in [2.45, 2.75) is 39.3 Å². The van der Waals surface area contributed by atoms with E-state index in [1.807, 2.05) is 0 Å². The normalized spacial score (nSPS) is 17.8. The van der Waals surface area contributed by atoms with Gasteiger partial charge in [0.05, 0.1) is 12.1 Å². The first-order chi connectivity index (χ1) is 7.08. The number of hydrazine groups is 1. The summed E-state index contributed by atoms with van der Waals surface area (Å²) in [5.74, 6) is 6.47. The first kappa shape index (κ1) is 14.8. The number of hydrogen-bond acceptors (Lipinski definition) is 4. The van der Waals surface area contributed by atoms with Crippen molar-refractivity contribution >= 4 is 0 Å². The average molecular weight is 218 g/mol. The van der Waals surface area contributed by atoms with Gasteiger partial charge in [0.25, 0.3) is 0 Å². The summed E-state index contributed by atoms with van der Waals surface area (Å²) in [5.41, 5.74) is 2.86. The Balaban J connectivity index is 4.29. The first-order valence-electron chi connectivity index (χ1n) is 5.56. The van der Waals surface area contributed by atoms with Gasteiger partial charge in [-0.3, -0.25) is 11.3 Å². The van der Waals surface area contributed by atoms with Gasteiger partial charge in [0.1, 0.15) is 0 Å². The van der Waals surface area contributed by atoms with E-state index < -0.39 is 0 Å². The SMILES string of the molecule is COCCC(C)C(NN)C(OC)C(C)C. The molecule has 3 N–H and O–H groups in total. The molecule has 0 aromatic carbocycles. The zero-order valence-electron chi connectivity index (χ0n) is 10.6. The van der Waals surface area contributed by atoms with Crippen LogP contribution in [-0.4, -0.2) is 33.0 Å². The Kier molecular flexibility index (Phi) is 7.96. The second-order valence-corrected chi connectivity index (χ2v) is 4.40. The standard InChI is InChI=1S/C11H26N2O2/c1-8(2)11(15-5)10(13-12)9(3)6-7-14-4/h8-11,13H,6-7,12H2,1-5H3. The number of hydrogen-bond donors (Lipinski definition) is 2. The van der Waals surface area contributed by atoms with Crippen LogP contribution >= 0.6 is 0 Å². The van der Waals surface area contributed by atoms with Gasteiger partial charge in [0.2, 0.25) is 0 Å². The van der Waals surface area contributed by atoms with Crippen LogP contribution in [0.1, 0.15) is 27.2 Å². The van der Waals surface area contributed by atoms with Gasteiger partial charge in [-0.15, -0.1) is 0 Å². The van der Waals surface area contributed by atoms with Crippen LogP contribution in [0.5, 0.6) is 0 Å². The summed E-state index contributed by atoms with van der Waals surface area (Å²) in [5, 5.41) is 0. The van der Waals surface area contributed by atoms with Crippen LogP contribution in [-0.2, 0) is 9.47 Å². The molecule has 0 bridgehead atoms. The van der Waals surface area contributed by atoms with Crippen molar-refractivity contribution in [2.75, 3.05) is 20.8 Å². The molecule has 0 saturated heterocycles. The lowest BCUT2D eigenvalue weighted by Crippen LogP contribution is -2.51. The van der Waals surface area contributed by atoms with Gasteiger partial charge in [-0.1, -0.05) is 20.8 Å². The van der Waals surface area contributed by atoms with Gasteiger partial charge in [0.15, 0.2) is 0 Å². The molecule has 0 aliphatic rings. The van der Waals surface area contributed by atoms with Crippen LogP contribution in [0, 0.1) is 11.8 Å². The molecule has 4 nitrogen and oxygen atoms in total. The maximum atomic E-state index is 5.59. The molecule has 3 atom stereocenters. The fourth-order valence-corrected chi connectivity index (χ4v) is 1.90. The smallest absolute Gasteiger partial charge is 0.0763 e. The van der Waals surface area contributed by atoms with Crippen LogP contribution in [0.25, 0.3) is 0 Å². The van der Waals surface area contributed by atoms with Crippen molar-refractivity contribution in [3.8, 4) is 0 Å². The number of nitrogens with two attached hydrogens (primary N) is 1. The third-order valence-corrected chi connectivity index (χ3v) is 2.87. The van der Waals surface area contributed by atoms with E-state index in [4.69, 9.17) is 15.3 Å². The summed E-state index contributed by atoms with van der Waals surface area (Å²) in [4.78, 5) is 0. The Morgan fingerprint density at radius 3 is 2.13 bits per heavy atom. The predicted molar refractivity (Wildman–Crippen MR) is 62.4 cm³/mol. The van der Waals surface area contributed by atoms with Crippen LogP contribution in [0.2, 0.25) is 0 Å². The Morgan fingerprint density at radius 2 is 1.80 bits per heavy atom. The zero-order valence-corrected chi connectivity index (χ0v) is 10.6. The Hall–Kier alpha value is -0.160. The molecule has 0 aliphatic heterocycles. The van der Waals surface area contributed by atoms with Gasteiger partial charge in [-0.25, -0.2) is 0 Å². The lowest BCUT2D eigenvalue weighted by Gasteiger charge is -2.32. The summed E-state index contributed by atoms with van der Waals surface area (Å²) < 4.78 is 10.6. The van der Waals surface area contributed by atoms with E-state index in [9.17, 15) is 0 Å². The number of methoxy groups -OCH3 is 2. The van der Waals surface area contributed by atoms with Crippen molar-refractivity contribution in [2.24, 2.45) is 17.7 Å². The maximum absolute atomic E-state index is 5.59. The topological polar surface area (TPSA) is 56.5 Å². The predicted octanol–water partition coefficient (Wildman–Crippen LogP) is 1.16. The molecular weight excluding hydrogens is 192 g/mol. The first-order valence-corrected chi connectivity index (χ1v) is 5.56. The molecule has 0 radical (unpaired) electrons. The second kappa shape index (κ2) is 8.05. The Bertz CT molecular complexity index is 154. The number of nitrogens with one attached hydrogen (secondary N) is 1. The fourth-order valence-electron chi connectivity index (χ4n) is 1.90. The van der Waals surface area contributed by atoms with Crippen molar-refractivity contribution in [3.63, 3.8) is 0 Å². The highest BCUT2D eigenvalue weighted by atomic mass is 16.5. The highest BCUT2D eigenvalue weighted by Gasteiger charge is 2.27. The number of rotatable bonds is 8. The minimum absolute atomic E-state index is 0.141. The molecule has 0 aromatic rings. The maximum Gasteiger partial charge on any atom is 0.0763 e. The minimum atomic E-state index is 0.141. The molecule has 0 spiro atoms. The van der Waals surface area contributed by atoms with E-state index in [-0.39, 0.29) is 12.1 Å². The highest BCUT2D eigenvalue weighted by molar-refractivity contribution is 4.82. The van der Waals surface area contributed by atoms with Crippen molar-refractivity contribution < 1.29 is 9.47 Å². The fraction of sp³-hybridized carbons (Fsp3) is 1.00. The van der Waals surface area contributed by atoms with Gasteiger partial charge in [0, 0.05) is 20.8 Å². The molecule has 0 heterocycles. The highest BCUT2D eigenvalue weighted by Crippen LogP contribution is 2.18. The number of ether oxygens (including phenoxy) is 2. The average Bonchev–Trinajstić information content (AvgIpc) is 2.21. The summed E-state index contributed by atoms with van der Waals surface area (Å²) >= 11 is 0. The third-order valence-electron chi connectivity index (χ3n) is 2.87. The monoisotopic (exact) mass is 218 g/mol. The van der Waals surface area contributed by atoms with Crippen molar-refractivity contribution in [3.05, 3.63) is 0 Å². The summed E-state index contributed by atoms with van der Waals surface area (Å²) in [6.07, 6.45) is 1.12. The van der Waals surface area contributed by atoms with Crippen LogP contribution in [0.15, 0.2) is 0 Å². The molecule has 0 fully saturated rings. The summed E-state index contributed by atoms with van der Waals surface area (Å²) in [6.45, 7) is 7.20. The van der Waals surface area contributed by atoms with E-state index >= 15 is 0 Å². The molecule has 0 rings (SSSR count). The second-order valence-electron chi connectivity index (χ2n) is 4.40. The molecule has 0 saturated carbocycles. The molecular formula is C11H26N2O2. The van der Waals surface area contributed by atoms with Gasteiger partial charge in [-0.05, 0) is 18.3 Å². The van der Waals surface area contributed by atoms with Crippen LogP contribution < -0.4 is 11.3 Å². The van der Waals surface area contributed by atoms with Crippen LogP contribution in [0.3, 0.4) is 0 Å². The summed E-state index contributed by atoms with van der Waals surface area (Å²) in [6, 6.07) is 0.171. The quantitative estimate of drug-likeness (QED) is 0.474. The van der Waals surface area contributed by atoms with E-state index in [1.54, 1.807) is 14.2 Å². The van der Waals surface area contributed by atoms with Crippen molar-refractivity contribution in [1.82, 2.24) is 5.43 Å². The Labute approximate surface area is 93.5 Å². The largest absolute Gasteiger partial charge is 0.385 e.